The van der Waals surface area contributed by atoms with Crippen LogP contribution in [0, 0.1) is 0 Å². The molecule has 2 aromatic heterocycles. The van der Waals surface area contributed by atoms with Gasteiger partial charge in [-0.1, -0.05) is 53.0 Å². The van der Waals surface area contributed by atoms with E-state index in [2.05, 4.69) is 15.5 Å². The molecule has 2 aromatic carbocycles. The second-order valence-electron chi connectivity index (χ2n) is 6.55. The fourth-order valence-electron chi connectivity index (χ4n) is 2.86. The molecule has 10 heteroatoms. The summed E-state index contributed by atoms with van der Waals surface area (Å²) in [6, 6.07) is 14.1. The minimum Gasteiger partial charge on any atom is -0.470 e. The molecule has 31 heavy (non-hydrogen) atoms. The number of amides is 1. The first-order valence-electron chi connectivity index (χ1n) is 9.16. The van der Waals surface area contributed by atoms with Gasteiger partial charge in [-0.15, -0.1) is 0 Å². The van der Waals surface area contributed by atoms with Gasteiger partial charge in [0.2, 0.25) is 0 Å². The van der Waals surface area contributed by atoms with E-state index in [1.54, 1.807) is 47.4 Å². The van der Waals surface area contributed by atoms with Crippen molar-refractivity contribution >= 4 is 46.4 Å². The van der Waals surface area contributed by atoms with E-state index >= 15 is 0 Å². The lowest BCUT2D eigenvalue weighted by molar-refractivity contribution is 0.100. The molecule has 1 amide bonds. The lowest BCUT2D eigenvalue weighted by atomic mass is 10.2. The van der Waals surface area contributed by atoms with Crippen LogP contribution >= 0.6 is 34.8 Å². The summed E-state index contributed by atoms with van der Waals surface area (Å²) in [7, 11) is 0. The van der Waals surface area contributed by atoms with Crippen LogP contribution in [0.1, 0.15) is 16.1 Å². The summed E-state index contributed by atoms with van der Waals surface area (Å²) >= 11 is 18.1. The van der Waals surface area contributed by atoms with Crippen LogP contribution in [0.2, 0.25) is 15.1 Å². The molecule has 0 bridgehead atoms. The maximum absolute atomic E-state index is 12.7. The fraction of sp³-hybridized carbons (Fsp3) is 0.0952. The maximum atomic E-state index is 12.7. The van der Waals surface area contributed by atoms with Crippen molar-refractivity contribution in [1.29, 1.82) is 0 Å². The van der Waals surface area contributed by atoms with Crippen molar-refractivity contribution in [2.45, 2.75) is 13.3 Å². The average molecular weight is 477 g/mol. The van der Waals surface area contributed by atoms with Crippen LogP contribution in [-0.2, 0) is 13.3 Å². The van der Waals surface area contributed by atoms with Crippen molar-refractivity contribution in [3.05, 3.63) is 93.4 Å². The molecule has 0 aliphatic carbocycles. The number of carbonyl (C=O) groups excluding carboxylic acids is 1. The van der Waals surface area contributed by atoms with Crippen molar-refractivity contribution in [2.24, 2.45) is 0 Å². The zero-order valence-corrected chi connectivity index (χ0v) is 18.3. The van der Waals surface area contributed by atoms with Crippen LogP contribution in [0.4, 0.5) is 5.69 Å². The quantitative estimate of drug-likeness (QED) is 0.389. The predicted molar refractivity (Wildman–Crippen MR) is 120 cm³/mol. The van der Waals surface area contributed by atoms with Crippen LogP contribution < -0.4 is 10.1 Å². The highest BCUT2D eigenvalue weighted by Crippen LogP contribution is 2.24. The number of nitrogens with zero attached hydrogens (tertiary/aromatic N) is 4. The highest BCUT2D eigenvalue weighted by atomic mass is 35.5. The number of ether oxygens (including phenoxy) is 1. The van der Waals surface area contributed by atoms with E-state index in [4.69, 9.17) is 39.5 Å². The molecule has 1 N–H and O–H groups in total. The number of carbonyl (C=O) groups is 1. The van der Waals surface area contributed by atoms with Gasteiger partial charge in [-0.25, -0.2) is 4.68 Å². The van der Waals surface area contributed by atoms with E-state index in [1.165, 1.54) is 10.9 Å². The number of hydrogen-bond acceptors (Lipinski definition) is 4. The Morgan fingerprint density at radius 3 is 2.65 bits per heavy atom. The second-order valence-corrected chi connectivity index (χ2v) is 7.77. The third-order valence-electron chi connectivity index (χ3n) is 4.35. The molecule has 0 aliphatic heterocycles. The summed E-state index contributed by atoms with van der Waals surface area (Å²) < 4.78 is 8.79. The molecule has 158 valence electrons. The average Bonchev–Trinajstić information content (AvgIpc) is 3.39. The molecule has 0 aliphatic rings. The van der Waals surface area contributed by atoms with E-state index in [0.717, 1.165) is 5.56 Å². The van der Waals surface area contributed by atoms with E-state index in [9.17, 15) is 4.79 Å². The van der Waals surface area contributed by atoms with Crippen LogP contribution in [0.5, 0.6) is 5.75 Å². The van der Waals surface area contributed by atoms with E-state index < -0.39 is 0 Å². The Kier molecular flexibility index (Phi) is 6.46. The molecule has 0 spiro atoms. The maximum Gasteiger partial charge on any atom is 0.274 e. The molecule has 0 atom stereocenters. The summed E-state index contributed by atoms with van der Waals surface area (Å²) in [5.41, 5.74) is 1.82. The zero-order valence-electron chi connectivity index (χ0n) is 16.0. The van der Waals surface area contributed by atoms with Crippen molar-refractivity contribution in [3.63, 3.8) is 0 Å². The van der Waals surface area contributed by atoms with Crippen molar-refractivity contribution < 1.29 is 9.53 Å². The Morgan fingerprint density at radius 1 is 1.00 bits per heavy atom. The molecule has 7 nitrogen and oxygen atoms in total. The molecular weight excluding hydrogens is 461 g/mol. The monoisotopic (exact) mass is 475 g/mol. The van der Waals surface area contributed by atoms with Crippen LogP contribution in [-0.4, -0.2) is 25.5 Å². The molecule has 4 rings (SSSR count). The first-order chi connectivity index (χ1) is 15.0. The van der Waals surface area contributed by atoms with E-state index in [0.29, 0.717) is 38.7 Å². The number of benzene rings is 2. The molecule has 0 fully saturated rings. The molecule has 4 aromatic rings. The van der Waals surface area contributed by atoms with Crippen LogP contribution in [0.3, 0.4) is 0 Å². The largest absolute Gasteiger partial charge is 0.470 e. The smallest absolute Gasteiger partial charge is 0.274 e. The minimum absolute atomic E-state index is 0.0378. The normalized spacial score (nSPS) is 10.8. The number of halogens is 3. The summed E-state index contributed by atoms with van der Waals surface area (Å²) in [4.78, 5) is 12.7. The first kappa shape index (κ1) is 21.2. The van der Waals surface area contributed by atoms with Crippen LogP contribution in [0.15, 0.2) is 67.1 Å². The van der Waals surface area contributed by atoms with Gasteiger partial charge in [0, 0.05) is 12.4 Å². The highest BCUT2D eigenvalue weighted by molar-refractivity contribution is 6.42. The molecule has 0 radical (unpaired) electrons. The second kappa shape index (κ2) is 9.43. The van der Waals surface area contributed by atoms with E-state index in [-0.39, 0.29) is 12.6 Å². The molecule has 0 unspecified atom stereocenters. The van der Waals surface area contributed by atoms with Gasteiger partial charge >= 0.3 is 0 Å². The molecule has 0 saturated carbocycles. The Morgan fingerprint density at radius 2 is 1.84 bits per heavy atom. The minimum atomic E-state index is -0.339. The number of hydrogen-bond donors (Lipinski definition) is 1. The van der Waals surface area contributed by atoms with Gasteiger partial charge in [0.15, 0.2) is 6.73 Å². The summed E-state index contributed by atoms with van der Waals surface area (Å²) in [5.74, 6) is 0.170. The summed E-state index contributed by atoms with van der Waals surface area (Å²) in [6.07, 6.45) is 4.82. The number of rotatable bonds is 7. The van der Waals surface area contributed by atoms with Gasteiger partial charge in [0.05, 0.1) is 33.5 Å². The number of anilines is 1. The summed E-state index contributed by atoms with van der Waals surface area (Å²) in [6.45, 7) is 0.520. The zero-order chi connectivity index (χ0) is 21.8. The highest BCUT2D eigenvalue weighted by Gasteiger charge is 2.14. The van der Waals surface area contributed by atoms with Gasteiger partial charge in [-0.3, -0.25) is 9.48 Å². The Hall–Kier alpha value is -3.00. The van der Waals surface area contributed by atoms with Crippen molar-refractivity contribution in [2.75, 3.05) is 5.32 Å². The third-order valence-corrected chi connectivity index (χ3v) is 5.40. The van der Waals surface area contributed by atoms with Gasteiger partial charge in [-0.2, -0.15) is 10.2 Å². The first-order valence-corrected chi connectivity index (χ1v) is 10.3. The Labute approximate surface area is 193 Å². The van der Waals surface area contributed by atoms with Gasteiger partial charge < -0.3 is 10.1 Å². The third kappa shape index (κ3) is 5.19. The predicted octanol–water partition coefficient (Wildman–Crippen LogP) is 5.38. The summed E-state index contributed by atoms with van der Waals surface area (Å²) in [5, 5.41) is 12.7. The fourth-order valence-corrected chi connectivity index (χ4v) is 3.37. The topological polar surface area (TPSA) is 74.0 Å². The lowest BCUT2D eigenvalue weighted by Gasteiger charge is -2.10. The molecular formula is C21H16Cl3N5O2. The Bertz CT molecular complexity index is 1220. The van der Waals surface area contributed by atoms with Gasteiger partial charge in [-0.05, 0) is 35.9 Å². The van der Waals surface area contributed by atoms with Crippen molar-refractivity contribution in [3.8, 4) is 5.75 Å². The lowest BCUT2D eigenvalue weighted by Crippen LogP contribution is -2.19. The van der Waals surface area contributed by atoms with Crippen molar-refractivity contribution in [1.82, 2.24) is 19.6 Å². The van der Waals surface area contributed by atoms with Crippen LogP contribution in [0.25, 0.3) is 0 Å². The van der Waals surface area contributed by atoms with Gasteiger partial charge in [0.1, 0.15) is 11.4 Å². The Balaban J connectivity index is 1.40. The SMILES string of the molecule is O=C(Nc1cnn(Cc2ccc(Cl)c(Cl)c2)c1)c1ccnn1COc1ccccc1Cl. The number of para-hydroxylation sites is 1. The van der Waals surface area contributed by atoms with E-state index in [1.807, 2.05) is 18.2 Å². The number of nitrogens with one attached hydrogen (secondary N) is 1. The molecule has 2 heterocycles. The number of aromatic nitrogens is 4. The standard InChI is InChI=1S/C21H16Cl3N5O2/c22-16-6-5-14(9-18(16)24)11-28-12-15(10-26-28)27-21(30)19-7-8-25-29(19)13-31-20-4-2-1-3-17(20)23/h1-10,12H,11,13H2,(H,27,30). The van der Waals surface area contributed by atoms with Gasteiger partial charge in [0.25, 0.3) is 5.91 Å². The molecule has 0 saturated heterocycles.